The lowest BCUT2D eigenvalue weighted by Crippen LogP contribution is -2.60. The van der Waals surface area contributed by atoms with E-state index in [0.29, 0.717) is 5.56 Å². The van der Waals surface area contributed by atoms with Gasteiger partial charge < -0.3 is 70.6 Å². The number of nitrogens with one attached hydrogen (secondary N) is 5. The molecule has 310 valence electrons. The number of hydrogen-bond donors (Lipinski definition) is 13. The SMILES string of the molecule is C[C@@H](O)[C@H](NC(=O)[C@H](CCC(N)=O)NC(=O)[C@H](CCC(N)=O)NC(=O)[C@H](CCC(N)=O)NC(=O)[C@H](CCC(N)=O)NC(=O)[C@@H](N)Cc1ccc(O)cc1)C(=O)O. The summed E-state index contributed by atoms with van der Waals surface area (Å²) in [6, 6.07) is -3.81. The summed E-state index contributed by atoms with van der Waals surface area (Å²) in [5.74, 6) is -10.6. The summed E-state index contributed by atoms with van der Waals surface area (Å²) in [7, 11) is 0. The van der Waals surface area contributed by atoms with Gasteiger partial charge in [-0.15, -0.1) is 0 Å². The largest absolute Gasteiger partial charge is 0.508 e. The molecule has 0 spiro atoms. The summed E-state index contributed by atoms with van der Waals surface area (Å²) in [4.78, 5) is 125. The van der Waals surface area contributed by atoms with Crippen molar-refractivity contribution in [2.75, 3.05) is 0 Å². The Morgan fingerprint density at radius 2 is 0.857 bits per heavy atom. The van der Waals surface area contributed by atoms with Gasteiger partial charge in [0.15, 0.2) is 6.04 Å². The standard InChI is InChI=1S/C33H50N10O13/c1-15(44)27(33(55)56)43-32(54)22(9-13-26(38)49)42-31(53)21(8-12-25(37)48)41-30(52)20(7-11-24(36)47)40-29(51)19(6-10-23(35)46)39-28(50)18(34)14-16-2-4-17(45)5-3-16/h2-5,15,18-22,27,44-45H,6-14,34H2,1H3,(H2,35,46)(H2,36,47)(H2,37,48)(H2,38,49)(H,39,50)(H,40,51)(H,41,52)(H,42,53)(H,43,54)(H,55,56)/t15-,18+,19+,20+,21+,22+,27+/m1/s1. The van der Waals surface area contributed by atoms with Crippen LogP contribution in [0.2, 0.25) is 0 Å². The Kier molecular flexibility index (Phi) is 19.9. The van der Waals surface area contributed by atoms with Gasteiger partial charge in [0, 0.05) is 25.7 Å². The fourth-order valence-corrected chi connectivity index (χ4v) is 4.94. The first kappa shape index (κ1) is 47.7. The molecule has 0 bridgehead atoms. The topological polar surface area (TPSA) is 422 Å². The first-order valence-electron chi connectivity index (χ1n) is 17.2. The zero-order chi connectivity index (χ0) is 42.7. The Labute approximate surface area is 320 Å². The maximum absolute atomic E-state index is 13.6. The van der Waals surface area contributed by atoms with Crippen LogP contribution in [0.4, 0.5) is 0 Å². The van der Waals surface area contributed by atoms with Crippen LogP contribution in [0.5, 0.6) is 5.75 Å². The van der Waals surface area contributed by atoms with Gasteiger partial charge in [-0.3, -0.25) is 43.2 Å². The molecule has 9 amide bonds. The van der Waals surface area contributed by atoms with Crippen molar-refractivity contribution in [3.63, 3.8) is 0 Å². The number of carboxylic acids is 1. The van der Waals surface area contributed by atoms with Crippen LogP contribution >= 0.6 is 0 Å². The smallest absolute Gasteiger partial charge is 0.328 e. The average Bonchev–Trinajstić information content (AvgIpc) is 3.10. The minimum absolute atomic E-state index is 0.0267. The predicted molar refractivity (Wildman–Crippen MR) is 192 cm³/mol. The number of carbonyl (C=O) groups excluding carboxylic acids is 9. The van der Waals surface area contributed by atoms with Crippen LogP contribution in [0.15, 0.2) is 24.3 Å². The minimum Gasteiger partial charge on any atom is -0.508 e. The molecule has 0 fully saturated rings. The van der Waals surface area contributed by atoms with Gasteiger partial charge in [0.25, 0.3) is 0 Å². The van der Waals surface area contributed by atoms with Crippen molar-refractivity contribution in [2.45, 2.75) is 107 Å². The summed E-state index contributed by atoms with van der Waals surface area (Å²) in [5.41, 5.74) is 27.5. The number of rotatable bonds is 26. The number of primary amides is 4. The molecule has 18 N–H and O–H groups in total. The molecule has 0 aliphatic carbocycles. The third-order valence-corrected chi connectivity index (χ3v) is 8.02. The van der Waals surface area contributed by atoms with Crippen molar-refractivity contribution in [1.29, 1.82) is 0 Å². The Morgan fingerprint density at radius 1 is 0.554 bits per heavy atom. The van der Waals surface area contributed by atoms with Crippen molar-refractivity contribution < 1.29 is 63.3 Å². The third-order valence-electron chi connectivity index (χ3n) is 8.02. The van der Waals surface area contributed by atoms with Gasteiger partial charge in [-0.05, 0) is 56.7 Å². The Balaban J connectivity index is 3.35. The normalized spacial score (nSPS) is 14.6. The van der Waals surface area contributed by atoms with Crippen LogP contribution in [0.25, 0.3) is 0 Å². The highest BCUT2D eigenvalue weighted by atomic mass is 16.4. The molecule has 0 heterocycles. The molecule has 0 saturated heterocycles. The van der Waals surface area contributed by atoms with Gasteiger partial charge in [0.1, 0.15) is 29.9 Å². The minimum atomic E-state index is -1.83. The number of aliphatic hydroxyl groups excluding tert-OH is 1. The fraction of sp³-hybridized carbons (Fsp3) is 0.515. The van der Waals surface area contributed by atoms with Gasteiger partial charge in [0.2, 0.25) is 53.2 Å². The number of nitrogens with two attached hydrogens (primary N) is 5. The second kappa shape index (κ2) is 23.4. The molecular weight excluding hydrogens is 744 g/mol. The molecule has 56 heavy (non-hydrogen) atoms. The number of carbonyl (C=O) groups is 10. The van der Waals surface area contributed by atoms with Crippen LogP contribution in [-0.2, 0) is 54.4 Å². The fourth-order valence-electron chi connectivity index (χ4n) is 4.94. The lowest BCUT2D eigenvalue weighted by Gasteiger charge is -2.27. The summed E-state index contributed by atoms with van der Waals surface area (Å²) >= 11 is 0. The van der Waals surface area contributed by atoms with Crippen molar-refractivity contribution in [2.24, 2.45) is 28.7 Å². The van der Waals surface area contributed by atoms with E-state index in [1.54, 1.807) is 0 Å². The molecule has 23 nitrogen and oxygen atoms in total. The number of phenols is 1. The number of carboxylic acid groups (broad SMARTS) is 1. The average molecular weight is 795 g/mol. The molecule has 1 rings (SSSR count). The van der Waals surface area contributed by atoms with Gasteiger partial charge in [0.05, 0.1) is 12.1 Å². The van der Waals surface area contributed by atoms with Crippen molar-refractivity contribution in [3.8, 4) is 5.75 Å². The maximum atomic E-state index is 13.6. The van der Waals surface area contributed by atoms with Crippen LogP contribution in [0.3, 0.4) is 0 Å². The highest BCUT2D eigenvalue weighted by molar-refractivity contribution is 5.97. The zero-order valence-electron chi connectivity index (χ0n) is 30.5. The third kappa shape index (κ3) is 18.1. The summed E-state index contributed by atoms with van der Waals surface area (Å²) < 4.78 is 0. The number of aliphatic hydroxyl groups is 1. The van der Waals surface area contributed by atoms with E-state index in [1.165, 1.54) is 24.3 Å². The first-order valence-corrected chi connectivity index (χ1v) is 17.2. The molecule has 0 aliphatic heterocycles. The van der Waals surface area contributed by atoms with Gasteiger partial charge in [-0.2, -0.15) is 0 Å². The van der Waals surface area contributed by atoms with E-state index in [2.05, 4.69) is 21.3 Å². The molecule has 23 heteroatoms. The second-order valence-corrected chi connectivity index (χ2v) is 12.8. The quantitative estimate of drug-likeness (QED) is 0.0416. The zero-order valence-corrected chi connectivity index (χ0v) is 30.5. The Hall–Kier alpha value is -6.36. The molecule has 0 radical (unpaired) electrons. The number of aromatic hydroxyl groups is 1. The Bertz CT molecular complexity index is 1610. The molecule has 7 atom stereocenters. The Morgan fingerprint density at radius 3 is 1.14 bits per heavy atom. The predicted octanol–water partition coefficient (Wildman–Crippen LogP) is -5.79. The molecule has 0 saturated carbocycles. The van der Waals surface area contributed by atoms with E-state index in [9.17, 15) is 63.3 Å². The number of aliphatic carboxylic acids is 1. The number of hydrogen-bond acceptors (Lipinski definition) is 13. The monoisotopic (exact) mass is 794 g/mol. The van der Waals surface area contributed by atoms with Gasteiger partial charge in [-0.1, -0.05) is 12.1 Å². The summed E-state index contributed by atoms with van der Waals surface area (Å²) in [5, 5.41) is 39.9. The van der Waals surface area contributed by atoms with E-state index in [-0.39, 0.29) is 18.6 Å². The summed E-state index contributed by atoms with van der Waals surface area (Å²) in [6.07, 6.45) is -5.30. The first-order chi connectivity index (χ1) is 26.1. The van der Waals surface area contributed by atoms with Gasteiger partial charge in [-0.25, -0.2) is 4.79 Å². The van der Waals surface area contributed by atoms with E-state index < -0.39 is 146 Å². The van der Waals surface area contributed by atoms with Crippen molar-refractivity contribution in [1.82, 2.24) is 26.6 Å². The van der Waals surface area contributed by atoms with E-state index >= 15 is 0 Å². The highest BCUT2D eigenvalue weighted by Crippen LogP contribution is 2.12. The molecule has 1 aromatic rings. The molecule has 0 aliphatic rings. The number of phenolic OH excluding ortho intramolecular Hbond substituents is 1. The molecular formula is C33H50N10O13. The van der Waals surface area contributed by atoms with E-state index in [4.69, 9.17) is 28.7 Å². The molecule has 1 aromatic carbocycles. The lowest BCUT2D eigenvalue weighted by atomic mass is 10.0. The second-order valence-electron chi connectivity index (χ2n) is 12.8. The lowest BCUT2D eigenvalue weighted by molar-refractivity contribution is -0.145. The molecule has 0 unspecified atom stereocenters. The van der Waals surface area contributed by atoms with Crippen LogP contribution in [-0.4, -0.2) is 117 Å². The van der Waals surface area contributed by atoms with Crippen LogP contribution in [0.1, 0.15) is 63.9 Å². The number of benzene rings is 1. The van der Waals surface area contributed by atoms with E-state index in [0.717, 1.165) is 6.92 Å². The van der Waals surface area contributed by atoms with Crippen molar-refractivity contribution >= 4 is 59.1 Å². The van der Waals surface area contributed by atoms with E-state index in [1.807, 2.05) is 5.32 Å². The molecule has 0 aromatic heterocycles. The van der Waals surface area contributed by atoms with Crippen LogP contribution < -0.4 is 55.3 Å². The van der Waals surface area contributed by atoms with Gasteiger partial charge >= 0.3 is 5.97 Å². The maximum Gasteiger partial charge on any atom is 0.328 e. The summed E-state index contributed by atoms with van der Waals surface area (Å²) in [6.45, 7) is 1.07. The van der Waals surface area contributed by atoms with Crippen molar-refractivity contribution in [3.05, 3.63) is 29.8 Å². The van der Waals surface area contributed by atoms with Crippen LogP contribution in [0, 0.1) is 0 Å². The number of amides is 9. The highest BCUT2D eigenvalue weighted by Gasteiger charge is 2.34.